The predicted molar refractivity (Wildman–Crippen MR) is 71.7 cm³/mol. The normalized spacial score (nSPS) is 13.8. The van der Waals surface area contributed by atoms with Crippen LogP contribution in [-0.4, -0.2) is 18.0 Å². The van der Waals surface area contributed by atoms with Crippen molar-refractivity contribution in [3.63, 3.8) is 0 Å². The van der Waals surface area contributed by atoms with E-state index in [0.717, 1.165) is 12.1 Å². The van der Waals surface area contributed by atoms with Crippen molar-refractivity contribution in [1.29, 1.82) is 0 Å². The van der Waals surface area contributed by atoms with E-state index >= 15 is 0 Å². The maximum absolute atomic E-state index is 13.8. The largest absolute Gasteiger partial charge is 0.460 e. The van der Waals surface area contributed by atoms with Crippen LogP contribution in [0, 0.1) is 0 Å². The first kappa shape index (κ1) is 19.1. The van der Waals surface area contributed by atoms with Crippen molar-refractivity contribution in [1.82, 2.24) is 0 Å². The van der Waals surface area contributed by atoms with Gasteiger partial charge in [0.1, 0.15) is 0 Å². The van der Waals surface area contributed by atoms with Crippen molar-refractivity contribution in [3.8, 4) is 11.1 Å². The fraction of sp³-hybridized carbons (Fsp3) is 0.250. The standard InChI is InChI=1S/C16H9F9/c17-13(18,14(19,20)15(21,22)16(23,24)25)12-8-6-11(7-9-12)10-4-2-1-3-5-10/h1-9H. The van der Waals surface area contributed by atoms with E-state index in [1.165, 1.54) is 0 Å². The summed E-state index contributed by atoms with van der Waals surface area (Å²) in [6, 6.07) is 10.7. The highest BCUT2D eigenvalue weighted by molar-refractivity contribution is 5.63. The van der Waals surface area contributed by atoms with Crippen LogP contribution < -0.4 is 0 Å². The molecular formula is C16H9F9. The third-order valence-electron chi connectivity index (χ3n) is 3.50. The molecule has 0 spiro atoms. The zero-order valence-corrected chi connectivity index (χ0v) is 12.1. The molecule has 2 aromatic rings. The van der Waals surface area contributed by atoms with Gasteiger partial charge < -0.3 is 0 Å². The Kier molecular flexibility index (Phi) is 4.56. The van der Waals surface area contributed by atoms with Crippen LogP contribution in [0.3, 0.4) is 0 Å². The molecule has 0 bridgehead atoms. The van der Waals surface area contributed by atoms with Gasteiger partial charge in [0.2, 0.25) is 0 Å². The third-order valence-corrected chi connectivity index (χ3v) is 3.50. The minimum Gasteiger partial charge on any atom is -0.194 e. The maximum Gasteiger partial charge on any atom is 0.460 e. The molecule has 0 N–H and O–H groups in total. The van der Waals surface area contributed by atoms with Crippen molar-refractivity contribution >= 4 is 0 Å². The van der Waals surface area contributed by atoms with E-state index in [1.807, 2.05) is 0 Å². The zero-order chi connectivity index (χ0) is 19.1. The second-order valence-electron chi connectivity index (χ2n) is 5.16. The summed E-state index contributed by atoms with van der Waals surface area (Å²) >= 11 is 0. The van der Waals surface area contributed by atoms with Gasteiger partial charge in [0.05, 0.1) is 0 Å². The highest BCUT2D eigenvalue weighted by Gasteiger charge is 2.81. The number of benzene rings is 2. The van der Waals surface area contributed by atoms with E-state index in [1.54, 1.807) is 30.3 Å². The van der Waals surface area contributed by atoms with Crippen LogP contribution in [0.25, 0.3) is 11.1 Å². The SMILES string of the molecule is FC(F)(F)C(F)(F)C(F)(F)C(F)(F)c1ccc(-c2ccccc2)cc1. The average Bonchev–Trinajstić information content (AvgIpc) is 2.54. The molecule has 0 saturated heterocycles. The molecule has 0 amide bonds. The topological polar surface area (TPSA) is 0 Å². The molecule has 0 radical (unpaired) electrons. The lowest BCUT2D eigenvalue weighted by Crippen LogP contribution is -2.59. The lowest BCUT2D eigenvalue weighted by atomic mass is 9.95. The molecule has 0 nitrogen and oxygen atoms in total. The summed E-state index contributed by atoms with van der Waals surface area (Å²) in [5, 5.41) is 0. The molecular weight excluding hydrogens is 363 g/mol. The molecule has 0 aromatic heterocycles. The minimum atomic E-state index is -6.90. The minimum absolute atomic E-state index is 0.297. The van der Waals surface area contributed by atoms with E-state index in [-0.39, 0.29) is 0 Å². The second-order valence-corrected chi connectivity index (χ2v) is 5.16. The lowest BCUT2D eigenvalue weighted by Gasteiger charge is -2.33. The Balaban J connectivity index is 2.42. The fourth-order valence-electron chi connectivity index (χ4n) is 2.06. The summed E-state index contributed by atoms with van der Waals surface area (Å²) in [6.45, 7) is 0. The number of hydrogen-bond donors (Lipinski definition) is 0. The van der Waals surface area contributed by atoms with Crippen LogP contribution >= 0.6 is 0 Å². The molecule has 9 heteroatoms. The molecule has 0 unspecified atom stereocenters. The van der Waals surface area contributed by atoms with Crippen molar-refractivity contribution in [2.75, 3.05) is 0 Å². The van der Waals surface area contributed by atoms with Crippen molar-refractivity contribution in [2.45, 2.75) is 23.9 Å². The number of halogens is 9. The average molecular weight is 372 g/mol. The summed E-state index contributed by atoms with van der Waals surface area (Å²) < 4.78 is 116. The van der Waals surface area contributed by atoms with Gasteiger partial charge in [-0.25, -0.2) is 0 Å². The summed E-state index contributed by atoms with van der Waals surface area (Å²) in [5.74, 6) is -19.3. The van der Waals surface area contributed by atoms with Gasteiger partial charge in [-0.15, -0.1) is 0 Å². The van der Waals surface area contributed by atoms with Gasteiger partial charge in [-0.3, -0.25) is 0 Å². The van der Waals surface area contributed by atoms with Gasteiger partial charge in [0.15, 0.2) is 0 Å². The summed E-state index contributed by atoms with van der Waals surface area (Å²) in [5.41, 5.74) is -0.836. The quantitative estimate of drug-likeness (QED) is 0.554. The number of rotatable bonds is 4. The molecule has 25 heavy (non-hydrogen) atoms. The van der Waals surface area contributed by atoms with E-state index in [9.17, 15) is 39.5 Å². The Morgan fingerprint density at radius 1 is 0.480 bits per heavy atom. The Bertz CT molecular complexity index is 716. The van der Waals surface area contributed by atoms with Crippen LogP contribution in [0.4, 0.5) is 39.5 Å². The highest BCUT2D eigenvalue weighted by Crippen LogP contribution is 2.56. The predicted octanol–water partition coefficient (Wildman–Crippen LogP) is 6.28. The van der Waals surface area contributed by atoms with Gasteiger partial charge in [0.25, 0.3) is 0 Å². The van der Waals surface area contributed by atoms with Gasteiger partial charge in [-0.2, -0.15) is 39.5 Å². The van der Waals surface area contributed by atoms with E-state index < -0.39 is 29.5 Å². The zero-order valence-electron chi connectivity index (χ0n) is 12.1. The molecule has 2 rings (SSSR count). The number of hydrogen-bond acceptors (Lipinski definition) is 0. The van der Waals surface area contributed by atoms with Gasteiger partial charge in [0, 0.05) is 5.56 Å². The van der Waals surface area contributed by atoms with Crippen molar-refractivity contribution < 1.29 is 39.5 Å². The molecule has 0 heterocycles. The molecule has 2 aromatic carbocycles. The van der Waals surface area contributed by atoms with Crippen LogP contribution in [0.1, 0.15) is 5.56 Å². The van der Waals surface area contributed by atoms with Crippen molar-refractivity contribution in [3.05, 3.63) is 60.2 Å². The molecule has 0 aliphatic heterocycles. The van der Waals surface area contributed by atoms with E-state index in [2.05, 4.69) is 0 Å². The smallest absolute Gasteiger partial charge is 0.194 e. The molecule has 0 fully saturated rings. The molecule has 136 valence electrons. The summed E-state index contributed by atoms with van der Waals surface area (Å²) in [4.78, 5) is 0. The lowest BCUT2D eigenvalue weighted by molar-refractivity contribution is -0.399. The van der Waals surface area contributed by atoms with E-state index in [4.69, 9.17) is 0 Å². The molecule has 0 atom stereocenters. The first-order valence-electron chi connectivity index (χ1n) is 6.68. The van der Waals surface area contributed by atoms with Gasteiger partial charge >= 0.3 is 23.9 Å². The Morgan fingerprint density at radius 2 is 0.920 bits per heavy atom. The van der Waals surface area contributed by atoms with Gasteiger partial charge in [-0.1, -0.05) is 54.6 Å². The first-order valence-corrected chi connectivity index (χ1v) is 6.68. The molecule has 0 saturated carbocycles. The van der Waals surface area contributed by atoms with Crippen molar-refractivity contribution in [2.24, 2.45) is 0 Å². The Labute approximate surface area is 135 Å². The Morgan fingerprint density at radius 3 is 1.36 bits per heavy atom. The fourth-order valence-corrected chi connectivity index (χ4v) is 2.06. The van der Waals surface area contributed by atoms with E-state index in [0.29, 0.717) is 23.3 Å². The molecule has 0 aliphatic carbocycles. The first-order chi connectivity index (χ1) is 11.3. The summed E-state index contributed by atoms with van der Waals surface area (Å²) in [6.07, 6.45) is -6.83. The highest BCUT2D eigenvalue weighted by atomic mass is 19.4. The Hall–Kier alpha value is -2.19. The third kappa shape index (κ3) is 3.07. The van der Waals surface area contributed by atoms with Crippen LogP contribution in [-0.2, 0) is 5.92 Å². The monoisotopic (exact) mass is 372 g/mol. The van der Waals surface area contributed by atoms with Crippen LogP contribution in [0.2, 0.25) is 0 Å². The second kappa shape index (κ2) is 5.96. The maximum atomic E-state index is 13.8. The summed E-state index contributed by atoms with van der Waals surface area (Å²) in [7, 11) is 0. The van der Waals surface area contributed by atoms with Crippen LogP contribution in [0.15, 0.2) is 54.6 Å². The van der Waals surface area contributed by atoms with Crippen LogP contribution in [0.5, 0.6) is 0 Å². The number of alkyl halides is 9. The van der Waals surface area contributed by atoms with Gasteiger partial charge in [-0.05, 0) is 11.1 Å². The molecule has 0 aliphatic rings.